The summed E-state index contributed by atoms with van der Waals surface area (Å²) >= 11 is 0. The van der Waals surface area contributed by atoms with E-state index in [4.69, 9.17) is 9.47 Å². The van der Waals surface area contributed by atoms with Crippen LogP contribution >= 0.6 is 0 Å². The average molecular weight is 385 g/mol. The van der Waals surface area contributed by atoms with Crippen molar-refractivity contribution in [1.29, 1.82) is 0 Å². The van der Waals surface area contributed by atoms with Crippen molar-refractivity contribution in [3.63, 3.8) is 0 Å². The first-order chi connectivity index (χ1) is 13.6. The Bertz CT molecular complexity index is 891. The first-order valence-electron chi connectivity index (χ1n) is 9.07. The topological polar surface area (TPSA) is 79.9 Å². The van der Waals surface area contributed by atoms with Gasteiger partial charge in [0.15, 0.2) is 17.6 Å². The molecular formula is C20H20FN3O4. The third-order valence-electron chi connectivity index (χ3n) is 4.64. The van der Waals surface area contributed by atoms with Crippen LogP contribution in [0.1, 0.15) is 6.42 Å². The molecule has 2 heterocycles. The molecule has 0 aromatic heterocycles. The lowest BCUT2D eigenvalue weighted by molar-refractivity contribution is -0.117. The Morgan fingerprint density at radius 1 is 1.18 bits per heavy atom. The van der Waals surface area contributed by atoms with Crippen LogP contribution in [0.4, 0.5) is 14.9 Å². The van der Waals surface area contributed by atoms with Gasteiger partial charge in [0.25, 0.3) is 0 Å². The highest BCUT2D eigenvalue weighted by Crippen LogP contribution is 2.30. The molecule has 2 aliphatic rings. The number of rotatable bonds is 4. The maximum atomic E-state index is 13.4. The van der Waals surface area contributed by atoms with Gasteiger partial charge < -0.3 is 25.0 Å². The third kappa shape index (κ3) is 4.00. The molecule has 4 rings (SSSR count). The zero-order valence-corrected chi connectivity index (χ0v) is 15.1. The van der Waals surface area contributed by atoms with Crippen molar-refractivity contribution in [2.75, 3.05) is 24.6 Å². The van der Waals surface area contributed by atoms with E-state index in [1.165, 1.54) is 17.0 Å². The van der Waals surface area contributed by atoms with Crippen LogP contribution < -0.4 is 25.0 Å². The molecule has 0 unspecified atom stereocenters. The summed E-state index contributed by atoms with van der Waals surface area (Å²) in [6, 6.07) is 12.5. The van der Waals surface area contributed by atoms with Crippen molar-refractivity contribution >= 4 is 17.6 Å². The quantitative estimate of drug-likeness (QED) is 0.845. The van der Waals surface area contributed by atoms with Crippen molar-refractivity contribution in [2.24, 2.45) is 0 Å². The number of hydrogen-bond acceptors (Lipinski definition) is 4. The molecule has 8 heteroatoms. The molecule has 2 aromatic rings. The SMILES string of the molecule is O=C(NC[C@H]1COc2ccccc2O1)N[C@H]1CC(=O)N(c2cccc(F)c2)C1. The lowest BCUT2D eigenvalue weighted by Crippen LogP contribution is -2.47. The van der Waals surface area contributed by atoms with E-state index in [1.54, 1.807) is 12.1 Å². The Kier molecular flexibility index (Phi) is 5.01. The van der Waals surface area contributed by atoms with Crippen molar-refractivity contribution in [3.8, 4) is 11.5 Å². The molecule has 3 amide bonds. The minimum Gasteiger partial charge on any atom is -0.486 e. The summed E-state index contributed by atoms with van der Waals surface area (Å²) in [5, 5.41) is 5.52. The molecule has 1 fully saturated rings. The van der Waals surface area contributed by atoms with Gasteiger partial charge in [0.05, 0.1) is 12.6 Å². The molecule has 0 aliphatic carbocycles. The fourth-order valence-corrected chi connectivity index (χ4v) is 3.30. The summed E-state index contributed by atoms with van der Waals surface area (Å²) in [6.45, 7) is 0.910. The lowest BCUT2D eigenvalue weighted by atomic mass is 10.2. The molecule has 7 nitrogen and oxygen atoms in total. The zero-order valence-electron chi connectivity index (χ0n) is 15.1. The van der Waals surface area contributed by atoms with Crippen LogP contribution in [0.2, 0.25) is 0 Å². The molecule has 0 saturated carbocycles. The smallest absolute Gasteiger partial charge is 0.315 e. The molecule has 0 spiro atoms. The largest absolute Gasteiger partial charge is 0.486 e. The predicted molar refractivity (Wildman–Crippen MR) is 100 cm³/mol. The van der Waals surface area contributed by atoms with Crippen LogP contribution in [0.25, 0.3) is 0 Å². The number of para-hydroxylation sites is 2. The molecule has 28 heavy (non-hydrogen) atoms. The Balaban J connectivity index is 1.26. The standard InChI is InChI=1S/C20H20FN3O4/c21-13-4-3-5-15(8-13)24-11-14(9-19(24)25)23-20(26)22-10-16-12-27-17-6-1-2-7-18(17)28-16/h1-8,14,16H,9-12H2,(H2,22,23,26)/t14-,16-/m0/s1. The summed E-state index contributed by atoms with van der Waals surface area (Å²) < 4.78 is 24.8. The number of benzene rings is 2. The van der Waals surface area contributed by atoms with E-state index in [2.05, 4.69) is 10.6 Å². The fourth-order valence-electron chi connectivity index (χ4n) is 3.30. The minimum atomic E-state index is -0.407. The Morgan fingerprint density at radius 3 is 2.82 bits per heavy atom. The highest BCUT2D eigenvalue weighted by molar-refractivity contribution is 5.96. The number of ether oxygens (including phenoxy) is 2. The van der Waals surface area contributed by atoms with Gasteiger partial charge in [0.1, 0.15) is 12.4 Å². The van der Waals surface area contributed by atoms with E-state index in [-0.39, 0.29) is 37.0 Å². The van der Waals surface area contributed by atoms with Gasteiger partial charge in [-0.25, -0.2) is 9.18 Å². The van der Waals surface area contributed by atoms with Crippen molar-refractivity contribution in [2.45, 2.75) is 18.6 Å². The number of urea groups is 1. The van der Waals surface area contributed by atoms with E-state index in [0.717, 1.165) is 0 Å². The lowest BCUT2D eigenvalue weighted by Gasteiger charge is -2.26. The number of carbonyl (C=O) groups excluding carboxylic acids is 2. The van der Waals surface area contributed by atoms with Gasteiger partial charge in [-0.05, 0) is 30.3 Å². The number of halogens is 1. The van der Waals surface area contributed by atoms with Gasteiger partial charge in [0.2, 0.25) is 5.91 Å². The van der Waals surface area contributed by atoms with E-state index in [1.807, 2.05) is 24.3 Å². The predicted octanol–water partition coefficient (Wildman–Crippen LogP) is 2.07. The summed E-state index contributed by atoms with van der Waals surface area (Å²) in [5.41, 5.74) is 0.487. The van der Waals surface area contributed by atoms with E-state index < -0.39 is 5.82 Å². The van der Waals surface area contributed by atoms with Crippen LogP contribution in [-0.2, 0) is 4.79 Å². The maximum absolute atomic E-state index is 13.4. The van der Waals surface area contributed by atoms with Gasteiger partial charge in [-0.3, -0.25) is 4.79 Å². The van der Waals surface area contributed by atoms with Crippen LogP contribution in [0.5, 0.6) is 11.5 Å². The van der Waals surface area contributed by atoms with Crippen molar-refractivity contribution < 1.29 is 23.5 Å². The van der Waals surface area contributed by atoms with Gasteiger partial charge >= 0.3 is 6.03 Å². The molecule has 2 N–H and O–H groups in total. The minimum absolute atomic E-state index is 0.156. The van der Waals surface area contributed by atoms with Crippen molar-refractivity contribution in [1.82, 2.24) is 10.6 Å². The fraction of sp³-hybridized carbons (Fsp3) is 0.300. The second kappa shape index (κ2) is 7.75. The number of fused-ring (bicyclic) bond motifs is 1. The van der Waals surface area contributed by atoms with Crippen LogP contribution in [0, 0.1) is 5.82 Å². The van der Waals surface area contributed by atoms with Crippen LogP contribution in [-0.4, -0.2) is 43.8 Å². The molecule has 2 aromatic carbocycles. The normalized spacial score (nSPS) is 20.8. The summed E-state index contributed by atoms with van der Waals surface area (Å²) in [6.07, 6.45) is -0.130. The first-order valence-corrected chi connectivity index (χ1v) is 9.07. The Morgan fingerprint density at radius 2 is 2.00 bits per heavy atom. The number of anilines is 1. The van der Waals surface area contributed by atoms with Gasteiger partial charge in [-0.2, -0.15) is 0 Å². The van der Waals surface area contributed by atoms with E-state index in [9.17, 15) is 14.0 Å². The molecule has 146 valence electrons. The van der Waals surface area contributed by atoms with Crippen LogP contribution in [0.3, 0.4) is 0 Å². The number of carbonyl (C=O) groups is 2. The number of nitrogens with one attached hydrogen (secondary N) is 2. The Hall–Kier alpha value is -3.29. The monoisotopic (exact) mass is 385 g/mol. The zero-order chi connectivity index (χ0) is 19.5. The second-order valence-corrected chi connectivity index (χ2v) is 6.74. The molecule has 2 atom stereocenters. The molecular weight excluding hydrogens is 365 g/mol. The highest BCUT2D eigenvalue weighted by Gasteiger charge is 2.32. The van der Waals surface area contributed by atoms with Crippen molar-refractivity contribution in [3.05, 3.63) is 54.3 Å². The van der Waals surface area contributed by atoms with Gasteiger partial charge in [-0.15, -0.1) is 0 Å². The number of amides is 3. The van der Waals surface area contributed by atoms with E-state index in [0.29, 0.717) is 30.3 Å². The molecule has 0 radical (unpaired) electrons. The number of nitrogens with zero attached hydrogens (tertiary/aromatic N) is 1. The highest BCUT2D eigenvalue weighted by atomic mass is 19.1. The maximum Gasteiger partial charge on any atom is 0.315 e. The second-order valence-electron chi connectivity index (χ2n) is 6.74. The summed E-state index contributed by atoms with van der Waals surface area (Å²) in [4.78, 5) is 25.9. The Labute approximate surface area is 161 Å². The number of hydrogen-bond donors (Lipinski definition) is 2. The summed E-state index contributed by atoms with van der Waals surface area (Å²) in [5.74, 6) is 0.769. The third-order valence-corrected chi connectivity index (χ3v) is 4.64. The molecule has 0 bridgehead atoms. The first kappa shape index (κ1) is 18.1. The van der Waals surface area contributed by atoms with Gasteiger partial charge in [-0.1, -0.05) is 18.2 Å². The van der Waals surface area contributed by atoms with Gasteiger partial charge in [0, 0.05) is 18.7 Å². The molecule has 2 aliphatic heterocycles. The summed E-state index contributed by atoms with van der Waals surface area (Å²) in [7, 11) is 0. The van der Waals surface area contributed by atoms with E-state index >= 15 is 0 Å². The van der Waals surface area contributed by atoms with Crippen LogP contribution in [0.15, 0.2) is 48.5 Å². The molecule has 1 saturated heterocycles. The average Bonchev–Trinajstić information content (AvgIpc) is 3.06.